The quantitative estimate of drug-likeness (QED) is 0.572. The molecule has 0 atom stereocenters. The summed E-state index contributed by atoms with van der Waals surface area (Å²) in [7, 11) is 0. The zero-order chi connectivity index (χ0) is 19.8. The number of pyridine rings is 1. The summed E-state index contributed by atoms with van der Waals surface area (Å²) in [6.07, 6.45) is 8.39. The van der Waals surface area contributed by atoms with Crippen molar-refractivity contribution in [2.24, 2.45) is 5.92 Å². The number of para-hydroxylation sites is 1. The lowest BCUT2D eigenvalue weighted by atomic mass is 9.95. The summed E-state index contributed by atoms with van der Waals surface area (Å²) in [6, 6.07) is 17.2. The number of benzene rings is 2. The smallest absolute Gasteiger partial charge is 0.225 e. The zero-order valence-electron chi connectivity index (χ0n) is 16.9. The van der Waals surface area contributed by atoms with Gasteiger partial charge >= 0.3 is 0 Å². The first-order chi connectivity index (χ1) is 14.2. The van der Waals surface area contributed by atoms with E-state index in [0.717, 1.165) is 44.3 Å². The van der Waals surface area contributed by atoms with Gasteiger partial charge in [-0.1, -0.05) is 54.1 Å². The molecule has 29 heavy (non-hydrogen) atoms. The molecule has 1 fully saturated rings. The molecule has 3 nitrogen and oxygen atoms in total. The maximum atomic E-state index is 12.2. The van der Waals surface area contributed by atoms with Crippen molar-refractivity contribution >= 4 is 16.8 Å². The highest BCUT2D eigenvalue weighted by Gasteiger charge is 2.33. The summed E-state index contributed by atoms with van der Waals surface area (Å²) in [4.78, 5) is 18.9. The molecule has 5 rings (SSSR count). The van der Waals surface area contributed by atoms with E-state index < -0.39 is 0 Å². The molecule has 3 heteroatoms. The molecule has 0 bridgehead atoms. The number of nitrogens with zero attached hydrogens (tertiary/aromatic N) is 2. The summed E-state index contributed by atoms with van der Waals surface area (Å²) < 4.78 is 0. The molecule has 0 unspecified atom stereocenters. The van der Waals surface area contributed by atoms with Gasteiger partial charge in [-0.15, -0.1) is 0 Å². The van der Waals surface area contributed by atoms with Gasteiger partial charge in [-0.25, -0.2) is 0 Å². The van der Waals surface area contributed by atoms with Crippen LogP contribution in [0.1, 0.15) is 30.4 Å². The normalized spacial score (nSPS) is 16.7. The van der Waals surface area contributed by atoms with Crippen molar-refractivity contribution in [3.63, 3.8) is 0 Å². The molecule has 146 valence electrons. The third-order valence-electron chi connectivity index (χ3n) is 6.28. The molecule has 2 aromatic carbocycles. The fourth-order valence-electron chi connectivity index (χ4n) is 4.30. The second-order valence-corrected chi connectivity index (χ2v) is 8.36. The molecule has 1 aliphatic heterocycles. The van der Waals surface area contributed by atoms with Crippen molar-refractivity contribution in [1.29, 1.82) is 0 Å². The van der Waals surface area contributed by atoms with Gasteiger partial charge < -0.3 is 4.90 Å². The first kappa shape index (κ1) is 18.1. The number of carbonyl (C=O) groups excluding carboxylic acids is 1. The highest BCUT2D eigenvalue weighted by molar-refractivity contribution is 5.88. The first-order valence-corrected chi connectivity index (χ1v) is 10.6. The number of amides is 1. The minimum atomic E-state index is 0.325. The van der Waals surface area contributed by atoms with Gasteiger partial charge in [0.2, 0.25) is 5.91 Å². The van der Waals surface area contributed by atoms with Crippen LogP contribution in [0, 0.1) is 12.8 Å². The Morgan fingerprint density at radius 2 is 1.90 bits per heavy atom. The summed E-state index contributed by atoms with van der Waals surface area (Å²) in [5, 5.41) is 1.21. The number of hydrogen-bond acceptors (Lipinski definition) is 2. The predicted molar refractivity (Wildman–Crippen MR) is 118 cm³/mol. The molecular weight excluding hydrogens is 356 g/mol. The van der Waals surface area contributed by atoms with Crippen LogP contribution in [0.2, 0.25) is 0 Å². The number of rotatable bonds is 4. The Balaban J connectivity index is 1.30. The molecule has 0 saturated heterocycles. The molecule has 0 spiro atoms. The topological polar surface area (TPSA) is 33.2 Å². The van der Waals surface area contributed by atoms with E-state index in [9.17, 15) is 4.79 Å². The molecule has 1 amide bonds. The van der Waals surface area contributed by atoms with E-state index >= 15 is 0 Å². The van der Waals surface area contributed by atoms with Gasteiger partial charge in [0.1, 0.15) is 0 Å². The Morgan fingerprint density at radius 3 is 2.62 bits per heavy atom. The third kappa shape index (κ3) is 3.69. The van der Waals surface area contributed by atoms with Gasteiger partial charge in [0, 0.05) is 36.2 Å². The van der Waals surface area contributed by atoms with E-state index in [4.69, 9.17) is 0 Å². The molecule has 1 saturated carbocycles. The largest absolute Gasteiger partial charge is 0.338 e. The average molecular weight is 383 g/mol. The van der Waals surface area contributed by atoms with Crippen molar-refractivity contribution in [1.82, 2.24) is 9.88 Å². The number of aromatic nitrogens is 1. The molecule has 3 aromatic rings. The van der Waals surface area contributed by atoms with Gasteiger partial charge in [-0.3, -0.25) is 9.78 Å². The highest BCUT2D eigenvalue weighted by atomic mass is 16.2. The molecular formula is C26H26N2O. The van der Waals surface area contributed by atoms with Crippen LogP contribution in [0.3, 0.4) is 0 Å². The van der Waals surface area contributed by atoms with E-state index in [0.29, 0.717) is 11.8 Å². The van der Waals surface area contributed by atoms with E-state index in [1.165, 1.54) is 33.2 Å². The third-order valence-corrected chi connectivity index (χ3v) is 6.28. The van der Waals surface area contributed by atoms with Gasteiger partial charge in [-0.05, 0) is 55.4 Å². The lowest BCUT2D eigenvalue weighted by Crippen LogP contribution is -2.36. The van der Waals surface area contributed by atoms with E-state index in [2.05, 4.69) is 60.4 Å². The molecule has 0 radical (unpaired) electrons. The van der Waals surface area contributed by atoms with Gasteiger partial charge in [0.05, 0.1) is 5.52 Å². The second kappa shape index (κ2) is 7.47. The van der Waals surface area contributed by atoms with Crippen LogP contribution in [0.4, 0.5) is 0 Å². The summed E-state index contributed by atoms with van der Waals surface area (Å²) in [6.45, 7) is 3.83. The van der Waals surface area contributed by atoms with Gasteiger partial charge in [0.15, 0.2) is 0 Å². The van der Waals surface area contributed by atoms with Crippen LogP contribution in [0.25, 0.3) is 22.0 Å². The van der Waals surface area contributed by atoms with Crippen molar-refractivity contribution in [3.05, 3.63) is 77.5 Å². The molecule has 1 aliphatic carbocycles. The highest BCUT2D eigenvalue weighted by Crippen LogP contribution is 2.32. The Bertz CT molecular complexity index is 1090. The minimum Gasteiger partial charge on any atom is -0.338 e. The minimum absolute atomic E-state index is 0.325. The summed E-state index contributed by atoms with van der Waals surface area (Å²) in [5.41, 5.74) is 7.50. The fraction of sp³-hybridized carbons (Fsp3) is 0.308. The van der Waals surface area contributed by atoms with Gasteiger partial charge in [0.25, 0.3) is 0 Å². The van der Waals surface area contributed by atoms with E-state index in [1.54, 1.807) is 0 Å². The Labute approximate surface area is 172 Å². The first-order valence-electron chi connectivity index (χ1n) is 10.6. The van der Waals surface area contributed by atoms with Crippen molar-refractivity contribution in [3.8, 4) is 11.1 Å². The van der Waals surface area contributed by atoms with Crippen molar-refractivity contribution in [2.45, 2.75) is 32.6 Å². The van der Waals surface area contributed by atoms with Gasteiger partial charge in [-0.2, -0.15) is 0 Å². The summed E-state index contributed by atoms with van der Waals surface area (Å²) >= 11 is 0. The zero-order valence-corrected chi connectivity index (χ0v) is 16.9. The monoisotopic (exact) mass is 382 g/mol. The predicted octanol–water partition coefficient (Wildman–Crippen LogP) is 5.32. The summed E-state index contributed by atoms with van der Waals surface area (Å²) in [5.74, 6) is 0.689. The SMILES string of the molecule is Cc1c(-c2ccc(CC3=CCN(C(=O)C4CC4)CC3)cc2)cnc2ccccc12. The number of fused-ring (bicyclic) bond motifs is 1. The molecule has 0 N–H and O–H groups in total. The molecule has 2 aliphatic rings. The van der Waals surface area contributed by atoms with E-state index in [1.807, 2.05) is 17.2 Å². The van der Waals surface area contributed by atoms with Crippen LogP contribution < -0.4 is 0 Å². The maximum Gasteiger partial charge on any atom is 0.225 e. The number of carbonyl (C=O) groups is 1. The van der Waals surface area contributed by atoms with Crippen LogP contribution in [0.15, 0.2) is 66.4 Å². The molecule has 2 heterocycles. The van der Waals surface area contributed by atoms with Crippen LogP contribution in [0.5, 0.6) is 0 Å². The Hall–Kier alpha value is -2.94. The standard InChI is InChI=1S/C26H26N2O/c1-18-23-4-2-3-5-25(23)27-17-24(18)21-8-6-19(7-9-21)16-20-12-14-28(15-13-20)26(29)22-10-11-22/h2-9,12,17,22H,10-11,13-16H2,1H3. The Kier molecular flexibility index (Phi) is 4.67. The number of aryl methyl sites for hydroxylation is 1. The van der Waals surface area contributed by atoms with E-state index in [-0.39, 0.29) is 0 Å². The fourth-order valence-corrected chi connectivity index (χ4v) is 4.30. The van der Waals surface area contributed by atoms with Crippen LogP contribution in [-0.4, -0.2) is 28.9 Å². The van der Waals surface area contributed by atoms with Crippen LogP contribution >= 0.6 is 0 Å². The molecule has 1 aromatic heterocycles. The lowest BCUT2D eigenvalue weighted by Gasteiger charge is -2.26. The Morgan fingerprint density at radius 1 is 1.10 bits per heavy atom. The second-order valence-electron chi connectivity index (χ2n) is 8.36. The average Bonchev–Trinajstić information content (AvgIpc) is 3.61. The van der Waals surface area contributed by atoms with Crippen molar-refractivity contribution in [2.75, 3.05) is 13.1 Å². The van der Waals surface area contributed by atoms with Crippen molar-refractivity contribution < 1.29 is 4.79 Å². The lowest BCUT2D eigenvalue weighted by molar-refractivity contribution is -0.132. The van der Waals surface area contributed by atoms with Crippen LogP contribution in [-0.2, 0) is 11.2 Å². The maximum absolute atomic E-state index is 12.2. The number of hydrogen-bond donors (Lipinski definition) is 0.